The van der Waals surface area contributed by atoms with Gasteiger partial charge in [0.05, 0.1) is 18.8 Å². The summed E-state index contributed by atoms with van der Waals surface area (Å²) in [5.41, 5.74) is 3.00. The smallest absolute Gasteiger partial charge is 0.141 e. The van der Waals surface area contributed by atoms with Crippen molar-refractivity contribution in [2.45, 2.75) is 33.5 Å². The topological polar surface area (TPSA) is 69.5 Å². The summed E-state index contributed by atoms with van der Waals surface area (Å²) in [7, 11) is 1.97. The van der Waals surface area contributed by atoms with Crippen molar-refractivity contribution in [3.8, 4) is 5.75 Å². The highest BCUT2D eigenvalue weighted by molar-refractivity contribution is 7.09. The predicted octanol–water partition coefficient (Wildman–Crippen LogP) is 1.98. The van der Waals surface area contributed by atoms with Crippen molar-refractivity contribution in [2.24, 2.45) is 0 Å². The van der Waals surface area contributed by atoms with Crippen molar-refractivity contribution in [3.05, 3.63) is 39.1 Å². The average Bonchev–Trinajstić information content (AvgIpc) is 2.80. The molecule has 0 saturated carbocycles. The molecular weight excluding hydrogens is 274 g/mol. The van der Waals surface area contributed by atoms with Crippen LogP contribution >= 0.6 is 11.3 Å². The van der Waals surface area contributed by atoms with Gasteiger partial charge in [0.15, 0.2) is 0 Å². The monoisotopic (exact) mass is 293 g/mol. The number of hydrogen-bond donors (Lipinski definition) is 2. The van der Waals surface area contributed by atoms with Crippen molar-refractivity contribution in [2.75, 3.05) is 7.05 Å². The third-order valence-corrected chi connectivity index (χ3v) is 4.05. The van der Waals surface area contributed by atoms with Crippen LogP contribution in [0.4, 0.5) is 0 Å². The number of pyridine rings is 1. The van der Waals surface area contributed by atoms with Crippen molar-refractivity contribution in [1.29, 1.82) is 0 Å². The van der Waals surface area contributed by atoms with Gasteiger partial charge in [-0.25, -0.2) is 4.98 Å². The molecule has 108 valence electrons. The zero-order valence-electron chi connectivity index (χ0n) is 11.9. The minimum atomic E-state index is -0.125. The molecule has 0 fully saturated rings. The summed E-state index contributed by atoms with van der Waals surface area (Å²) in [4.78, 5) is 10.6. The second-order valence-electron chi connectivity index (χ2n) is 4.91. The zero-order chi connectivity index (χ0) is 14.7. The lowest BCUT2D eigenvalue weighted by Crippen LogP contribution is -2.18. The molecular formula is C14H19N3O2S. The molecule has 0 atom stereocenters. The SMILES string of the molecule is Cc1csc(CN(C)Cc2c(CO)cnc(C)c2O)n1. The van der Waals surface area contributed by atoms with Crippen LogP contribution in [0.5, 0.6) is 5.75 Å². The van der Waals surface area contributed by atoms with E-state index in [1.54, 1.807) is 24.5 Å². The molecule has 0 aliphatic rings. The first kappa shape index (κ1) is 14.9. The number of aromatic hydroxyl groups is 1. The van der Waals surface area contributed by atoms with E-state index >= 15 is 0 Å². The Morgan fingerprint density at radius 3 is 2.65 bits per heavy atom. The first-order valence-corrected chi connectivity index (χ1v) is 7.26. The molecule has 0 aliphatic heterocycles. The number of hydrogen-bond acceptors (Lipinski definition) is 6. The Morgan fingerprint density at radius 1 is 1.30 bits per heavy atom. The fourth-order valence-electron chi connectivity index (χ4n) is 2.03. The molecule has 6 heteroatoms. The van der Waals surface area contributed by atoms with Crippen molar-refractivity contribution in [1.82, 2.24) is 14.9 Å². The molecule has 20 heavy (non-hydrogen) atoms. The van der Waals surface area contributed by atoms with E-state index < -0.39 is 0 Å². The fraction of sp³-hybridized carbons (Fsp3) is 0.429. The van der Waals surface area contributed by atoms with Crippen LogP contribution in [0.15, 0.2) is 11.6 Å². The second-order valence-corrected chi connectivity index (χ2v) is 5.85. The van der Waals surface area contributed by atoms with Gasteiger partial charge in [-0.05, 0) is 20.9 Å². The third kappa shape index (κ3) is 3.33. The van der Waals surface area contributed by atoms with Crippen LogP contribution in [-0.4, -0.2) is 32.1 Å². The van der Waals surface area contributed by atoms with Gasteiger partial charge in [0.1, 0.15) is 10.8 Å². The van der Waals surface area contributed by atoms with Gasteiger partial charge in [0.25, 0.3) is 0 Å². The Kier molecular flexibility index (Phi) is 4.69. The van der Waals surface area contributed by atoms with E-state index in [4.69, 9.17) is 0 Å². The fourth-order valence-corrected chi connectivity index (χ4v) is 2.88. The van der Waals surface area contributed by atoms with E-state index in [2.05, 4.69) is 14.9 Å². The number of rotatable bonds is 5. The largest absolute Gasteiger partial charge is 0.506 e. The summed E-state index contributed by atoms with van der Waals surface area (Å²) in [6.07, 6.45) is 1.62. The molecule has 0 amide bonds. The van der Waals surface area contributed by atoms with E-state index in [0.29, 0.717) is 24.3 Å². The number of aromatic nitrogens is 2. The van der Waals surface area contributed by atoms with E-state index in [9.17, 15) is 10.2 Å². The van der Waals surface area contributed by atoms with Crippen molar-refractivity contribution in [3.63, 3.8) is 0 Å². The number of aliphatic hydroxyl groups excluding tert-OH is 1. The van der Waals surface area contributed by atoms with E-state index in [1.807, 2.05) is 19.4 Å². The summed E-state index contributed by atoms with van der Waals surface area (Å²) < 4.78 is 0. The van der Waals surface area contributed by atoms with Crippen LogP contribution in [0.2, 0.25) is 0 Å². The summed E-state index contributed by atoms with van der Waals surface area (Å²) in [5, 5.41) is 22.5. The van der Waals surface area contributed by atoms with Gasteiger partial charge in [-0.3, -0.25) is 9.88 Å². The molecule has 2 N–H and O–H groups in total. The molecule has 2 aromatic heterocycles. The summed E-state index contributed by atoms with van der Waals surface area (Å²) in [6, 6.07) is 0. The minimum absolute atomic E-state index is 0.125. The van der Waals surface area contributed by atoms with Crippen LogP contribution in [0, 0.1) is 13.8 Å². The van der Waals surface area contributed by atoms with Gasteiger partial charge in [-0.2, -0.15) is 0 Å². The molecule has 5 nitrogen and oxygen atoms in total. The van der Waals surface area contributed by atoms with E-state index in [1.165, 1.54) is 0 Å². The minimum Gasteiger partial charge on any atom is -0.506 e. The van der Waals surface area contributed by atoms with Crippen LogP contribution in [-0.2, 0) is 19.7 Å². The highest BCUT2D eigenvalue weighted by Crippen LogP contribution is 2.25. The van der Waals surface area contributed by atoms with Gasteiger partial charge in [0, 0.05) is 34.9 Å². The number of aliphatic hydroxyl groups is 1. The Bertz CT molecular complexity index is 598. The molecule has 2 aromatic rings. The Morgan fingerprint density at radius 2 is 2.05 bits per heavy atom. The maximum Gasteiger partial charge on any atom is 0.141 e. The third-order valence-electron chi connectivity index (χ3n) is 3.10. The standard InChI is InChI=1S/C14H19N3O2S/c1-9-8-20-13(16-9)6-17(3)5-12-11(7-18)4-15-10(2)14(12)19/h4,8,18-19H,5-7H2,1-3H3. The Labute approximate surface area is 122 Å². The maximum absolute atomic E-state index is 10.1. The van der Waals surface area contributed by atoms with E-state index in [-0.39, 0.29) is 12.4 Å². The van der Waals surface area contributed by atoms with Crippen molar-refractivity contribution < 1.29 is 10.2 Å². The zero-order valence-corrected chi connectivity index (χ0v) is 12.7. The van der Waals surface area contributed by atoms with Gasteiger partial charge >= 0.3 is 0 Å². The Balaban J connectivity index is 2.14. The number of nitrogens with zero attached hydrogens (tertiary/aromatic N) is 3. The van der Waals surface area contributed by atoms with Gasteiger partial charge in [-0.15, -0.1) is 11.3 Å². The molecule has 0 spiro atoms. The van der Waals surface area contributed by atoms with Crippen molar-refractivity contribution >= 4 is 11.3 Å². The molecule has 2 rings (SSSR count). The first-order valence-electron chi connectivity index (χ1n) is 6.38. The molecule has 2 heterocycles. The maximum atomic E-state index is 10.1. The van der Waals surface area contributed by atoms with Crippen LogP contribution in [0.1, 0.15) is 27.5 Å². The summed E-state index contributed by atoms with van der Waals surface area (Å²) in [6.45, 7) is 4.86. The number of aryl methyl sites for hydroxylation is 2. The number of thiazole rings is 1. The highest BCUT2D eigenvalue weighted by Gasteiger charge is 2.14. The van der Waals surface area contributed by atoms with E-state index in [0.717, 1.165) is 16.3 Å². The van der Waals surface area contributed by atoms with Crippen LogP contribution < -0.4 is 0 Å². The molecule has 0 unspecified atom stereocenters. The van der Waals surface area contributed by atoms with Crippen LogP contribution in [0.3, 0.4) is 0 Å². The second kappa shape index (κ2) is 6.30. The lowest BCUT2D eigenvalue weighted by atomic mass is 10.1. The lowest BCUT2D eigenvalue weighted by molar-refractivity contribution is 0.270. The predicted molar refractivity (Wildman–Crippen MR) is 78.6 cm³/mol. The van der Waals surface area contributed by atoms with Gasteiger partial charge in [0.2, 0.25) is 0 Å². The normalized spacial score (nSPS) is 11.2. The van der Waals surface area contributed by atoms with Gasteiger partial charge in [-0.1, -0.05) is 0 Å². The highest BCUT2D eigenvalue weighted by atomic mass is 32.1. The average molecular weight is 293 g/mol. The Hall–Kier alpha value is -1.50. The summed E-state index contributed by atoms with van der Waals surface area (Å²) in [5.74, 6) is 0.165. The molecule has 0 aliphatic carbocycles. The summed E-state index contributed by atoms with van der Waals surface area (Å²) >= 11 is 1.63. The van der Waals surface area contributed by atoms with Crippen LogP contribution in [0.25, 0.3) is 0 Å². The molecule has 0 radical (unpaired) electrons. The molecule has 0 aromatic carbocycles. The first-order chi connectivity index (χ1) is 9.51. The van der Waals surface area contributed by atoms with Gasteiger partial charge < -0.3 is 10.2 Å². The lowest BCUT2D eigenvalue weighted by Gasteiger charge is -2.18. The molecule has 0 saturated heterocycles. The molecule has 0 bridgehead atoms. The quantitative estimate of drug-likeness (QED) is 0.882.